The molecule has 0 atom stereocenters. The number of ether oxygens (including phenoxy) is 1. The SMILES string of the molecule is CCCn1ncnc1CC(=O)c1ccc(Br)cc1OC. The summed E-state index contributed by atoms with van der Waals surface area (Å²) < 4.78 is 7.89. The number of nitrogens with zero attached hydrogens (tertiary/aromatic N) is 3. The van der Waals surface area contributed by atoms with Crippen LogP contribution >= 0.6 is 15.9 Å². The monoisotopic (exact) mass is 337 g/mol. The van der Waals surface area contributed by atoms with Crippen molar-refractivity contribution in [3.8, 4) is 5.75 Å². The van der Waals surface area contributed by atoms with Gasteiger partial charge in [-0.1, -0.05) is 22.9 Å². The van der Waals surface area contributed by atoms with E-state index < -0.39 is 0 Å². The standard InChI is InChI=1S/C14H16BrN3O2/c1-3-6-18-14(16-9-17-18)8-12(19)11-5-4-10(15)7-13(11)20-2/h4-5,7,9H,3,6,8H2,1-2H3. The molecule has 2 aromatic rings. The summed E-state index contributed by atoms with van der Waals surface area (Å²) in [6, 6.07) is 5.36. The summed E-state index contributed by atoms with van der Waals surface area (Å²) >= 11 is 3.36. The van der Waals surface area contributed by atoms with Crippen LogP contribution in [0.3, 0.4) is 0 Å². The van der Waals surface area contributed by atoms with E-state index in [1.54, 1.807) is 23.9 Å². The fourth-order valence-electron chi connectivity index (χ4n) is 1.96. The number of Topliss-reactive ketones (excluding diaryl/α,β-unsaturated/α-hetero) is 1. The first-order valence-corrected chi connectivity index (χ1v) is 7.18. The van der Waals surface area contributed by atoms with Gasteiger partial charge in [0.2, 0.25) is 0 Å². The number of benzene rings is 1. The molecule has 6 heteroatoms. The Balaban J connectivity index is 2.22. The molecule has 106 valence electrons. The van der Waals surface area contributed by atoms with Crippen molar-refractivity contribution in [3.05, 3.63) is 40.4 Å². The highest BCUT2D eigenvalue weighted by atomic mass is 79.9. The van der Waals surface area contributed by atoms with Gasteiger partial charge in [-0.15, -0.1) is 0 Å². The highest BCUT2D eigenvalue weighted by Gasteiger charge is 2.16. The molecule has 0 saturated carbocycles. The zero-order valence-electron chi connectivity index (χ0n) is 11.5. The number of aromatic nitrogens is 3. The number of ketones is 1. The molecule has 0 aliphatic heterocycles. The number of halogens is 1. The van der Waals surface area contributed by atoms with Gasteiger partial charge < -0.3 is 4.74 Å². The summed E-state index contributed by atoms with van der Waals surface area (Å²) in [4.78, 5) is 16.5. The largest absolute Gasteiger partial charge is 0.496 e. The number of hydrogen-bond donors (Lipinski definition) is 0. The summed E-state index contributed by atoms with van der Waals surface area (Å²) in [5, 5.41) is 4.12. The molecule has 0 bridgehead atoms. The fraction of sp³-hybridized carbons (Fsp3) is 0.357. The van der Waals surface area contributed by atoms with Gasteiger partial charge in [-0.2, -0.15) is 5.10 Å². The number of carbonyl (C=O) groups is 1. The number of carbonyl (C=O) groups excluding carboxylic acids is 1. The van der Waals surface area contributed by atoms with E-state index in [2.05, 4.69) is 32.9 Å². The van der Waals surface area contributed by atoms with Crippen LogP contribution in [-0.2, 0) is 13.0 Å². The second-order valence-corrected chi connectivity index (χ2v) is 5.26. The van der Waals surface area contributed by atoms with Crippen molar-refractivity contribution < 1.29 is 9.53 Å². The van der Waals surface area contributed by atoms with Crippen molar-refractivity contribution in [1.29, 1.82) is 0 Å². The van der Waals surface area contributed by atoms with Crippen LogP contribution in [0.1, 0.15) is 29.5 Å². The lowest BCUT2D eigenvalue weighted by molar-refractivity contribution is 0.0986. The van der Waals surface area contributed by atoms with E-state index in [0.717, 1.165) is 17.4 Å². The molecule has 5 nitrogen and oxygen atoms in total. The maximum atomic E-state index is 12.4. The first-order chi connectivity index (χ1) is 9.65. The average molecular weight is 338 g/mol. The Bertz CT molecular complexity index is 610. The van der Waals surface area contributed by atoms with Crippen LogP contribution in [0.25, 0.3) is 0 Å². The van der Waals surface area contributed by atoms with Gasteiger partial charge in [-0.3, -0.25) is 4.79 Å². The molecule has 0 spiro atoms. The van der Waals surface area contributed by atoms with E-state index in [-0.39, 0.29) is 12.2 Å². The Kier molecular flexibility index (Phi) is 4.89. The highest BCUT2D eigenvalue weighted by molar-refractivity contribution is 9.10. The Morgan fingerprint density at radius 3 is 2.95 bits per heavy atom. The van der Waals surface area contributed by atoms with E-state index in [1.807, 2.05) is 6.07 Å². The molecular weight excluding hydrogens is 322 g/mol. The second kappa shape index (κ2) is 6.65. The van der Waals surface area contributed by atoms with Crippen LogP contribution in [0.15, 0.2) is 29.0 Å². The van der Waals surface area contributed by atoms with Crippen LogP contribution in [0, 0.1) is 0 Å². The third-order valence-electron chi connectivity index (χ3n) is 2.91. The minimum atomic E-state index is -0.0281. The van der Waals surface area contributed by atoms with Crippen LogP contribution in [-0.4, -0.2) is 27.7 Å². The van der Waals surface area contributed by atoms with Crippen molar-refractivity contribution in [3.63, 3.8) is 0 Å². The van der Waals surface area contributed by atoms with Crippen LogP contribution in [0.4, 0.5) is 0 Å². The average Bonchev–Trinajstić information content (AvgIpc) is 2.86. The second-order valence-electron chi connectivity index (χ2n) is 4.34. The van der Waals surface area contributed by atoms with Gasteiger partial charge in [0, 0.05) is 11.0 Å². The number of methoxy groups -OCH3 is 1. The number of aryl methyl sites for hydroxylation is 1. The molecule has 20 heavy (non-hydrogen) atoms. The summed E-state index contributed by atoms with van der Waals surface area (Å²) in [5.74, 6) is 1.22. The molecule has 0 radical (unpaired) electrons. The van der Waals surface area contributed by atoms with Gasteiger partial charge in [0.1, 0.15) is 17.9 Å². The first-order valence-electron chi connectivity index (χ1n) is 6.39. The zero-order valence-corrected chi connectivity index (χ0v) is 13.1. The third kappa shape index (κ3) is 3.25. The molecule has 0 saturated heterocycles. The lowest BCUT2D eigenvalue weighted by Crippen LogP contribution is -2.12. The first kappa shape index (κ1) is 14.7. The van der Waals surface area contributed by atoms with Crippen LogP contribution in [0.5, 0.6) is 5.75 Å². The highest BCUT2D eigenvalue weighted by Crippen LogP contribution is 2.24. The number of rotatable bonds is 6. The van der Waals surface area contributed by atoms with Crippen molar-refractivity contribution in [2.45, 2.75) is 26.3 Å². The summed E-state index contributed by atoms with van der Waals surface area (Å²) in [7, 11) is 1.55. The Hall–Kier alpha value is -1.69. The number of hydrogen-bond acceptors (Lipinski definition) is 4. The van der Waals surface area contributed by atoms with Gasteiger partial charge in [0.25, 0.3) is 0 Å². The van der Waals surface area contributed by atoms with Crippen LogP contribution < -0.4 is 4.74 Å². The molecule has 0 N–H and O–H groups in total. The summed E-state index contributed by atoms with van der Waals surface area (Å²) in [5.41, 5.74) is 0.557. The van der Waals surface area contributed by atoms with Crippen molar-refractivity contribution in [2.75, 3.05) is 7.11 Å². The molecule has 0 aliphatic carbocycles. The maximum absolute atomic E-state index is 12.4. The molecule has 0 unspecified atom stereocenters. The minimum absolute atomic E-state index is 0.0281. The zero-order chi connectivity index (χ0) is 14.5. The van der Waals surface area contributed by atoms with Gasteiger partial charge in [-0.05, 0) is 24.6 Å². The normalized spacial score (nSPS) is 10.6. The van der Waals surface area contributed by atoms with Crippen molar-refractivity contribution in [1.82, 2.24) is 14.8 Å². The lowest BCUT2D eigenvalue weighted by Gasteiger charge is -2.08. The Morgan fingerprint density at radius 1 is 1.45 bits per heavy atom. The fourth-order valence-corrected chi connectivity index (χ4v) is 2.30. The lowest BCUT2D eigenvalue weighted by atomic mass is 10.1. The van der Waals surface area contributed by atoms with Crippen LogP contribution in [0.2, 0.25) is 0 Å². The van der Waals surface area contributed by atoms with Gasteiger partial charge in [-0.25, -0.2) is 9.67 Å². The molecule has 0 fully saturated rings. The summed E-state index contributed by atoms with van der Waals surface area (Å²) in [6.07, 6.45) is 2.65. The molecule has 1 aromatic heterocycles. The van der Waals surface area contributed by atoms with Gasteiger partial charge in [0.05, 0.1) is 19.1 Å². The maximum Gasteiger partial charge on any atom is 0.174 e. The van der Waals surface area contributed by atoms with E-state index >= 15 is 0 Å². The van der Waals surface area contributed by atoms with E-state index in [1.165, 1.54) is 6.33 Å². The molecular formula is C14H16BrN3O2. The smallest absolute Gasteiger partial charge is 0.174 e. The predicted molar refractivity (Wildman–Crippen MR) is 79.0 cm³/mol. The molecule has 0 amide bonds. The van der Waals surface area contributed by atoms with Crippen molar-refractivity contribution in [2.24, 2.45) is 0 Å². The van der Waals surface area contributed by atoms with Gasteiger partial charge >= 0.3 is 0 Å². The Labute approximate surface area is 126 Å². The Morgan fingerprint density at radius 2 is 2.25 bits per heavy atom. The van der Waals surface area contributed by atoms with E-state index in [4.69, 9.17) is 4.74 Å². The van der Waals surface area contributed by atoms with Crippen molar-refractivity contribution >= 4 is 21.7 Å². The molecule has 0 aliphatic rings. The quantitative estimate of drug-likeness (QED) is 0.760. The molecule has 2 rings (SSSR count). The van der Waals surface area contributed by atoms with E-state index in [0.29, 0.717) is 17.1 Å². The minimum Gasteiger partial charge on any atom is -0.496 e. The third-order valence-corrected chi connectivity index (χ3v) is 3.41. The van der Waals surface area contributed by atoms with Gasteiger partial charge in [0.15, 0.2) is 5.78 Å². The molecule has 1 heterocycles. The molecule has 1 aromatic carbocycles. The summed E-state index contributed by atoms with van der Waals surface area (Å²) in [6.45, 7) is 2.82. The van der Waals surface area contributed by atoms with E-state index in [9.17, 15) is 4.79 Å². The topological polar surface area (TPSA) is 57.0 Å². The predicted octanol–water partition coefficient (Wildman–Crippen LogP) is 2.88.